The molecule has 294 valence electrons. The first-order valence-corrected chi connectivity index (χ1v) is 20.7. The fourth-order valence-electron chi connectivity index (χ4n) is 7.17. The Kier molecular flexibility index (Phi) is 13.8. The number of rotatable bonds is 17. The number of hydrogen-bond donors (Lipinski definition) is 0. The molecule has 1 aliphatic heterocycles. The molecule has 0 N–H and O–H groups in total. The Morgan fingerprint density at radius 2 is 1.09 bits per heavy atom. The Labute approximate surface area is 349 Å². The summed E-state index contributed by atoms with van der Waals surface area (Å²) in [5.74, 6) is 0.707. The Hall–Kier alpha value is -5.03. The van der Waals surface area contributed by atoms with E-state index in [1.165, 1.54) is 0 Å². The predicted octanol–water partition coefficient (Wildman–Crippen LogP) is 10.9. The Bertz CT molecular complexity index is 2280. The second kappa shape index (κ2) is 20.1. The Morgan fingerprint density at radius 3 is 1.67 bits per heavy atom. The molecule has 5 atom stereocenters. The summed E-state index contributed by atoms with van der Waals surface area (Å²) in [5, 5.41) is 0.677. The normalized spacial score (nSPS) is 19.2. The smallest absolute Gasteiger partial charge is 0.169 e. The number of halogens is 1. The van der Waals surface area contributed by atoms with Crippen LogP contribution in [0.25, 0.3) is 10.7 Å². The molecule has 0 saturated carbocycles. The number of hydrogen-bond acceptors (Lipinski definition) is 8. The maximum Gasteiger partial charge on any atom is 0.169 e. The monoisotopic (exact) mass is 808 g/mol. The molecule has 7 aromatic rings. The van der Waals surface area contributed by atoms with Gasteiger partial charge < -0.3 is 23.7 Å². The van der Waals surface area contributed by atoms with Gasteiger partial charge >= 0.3 is 0 Å². The summed E-state index contributed by atoms with van der Waals surface area (Å²) >= 11 is 8.61. The van der Waals surface area contributed by atoms with Crippen molar-refractivity contribution in [3.63, 3.8) is 0 Å². The quantitative estimate of drug-likeness (QED) is 0.0907. The zero-order valence-electron chi connectivity index (χ0n) is 32.0. The van der Waals surface area contributed by atoms with E-state index in [1.807, 2.05) is 91.0 Å². The number of aromatic nitrogens is 2. The molecule has 0 amide bonds. The lowest BCUT2D eigenvalue weighted by Crippen LogP contribution is -2.58. The molecule has 3 heterocycles. The molecular formula is C49H45ClN2O5S. The van der Waals surface area contributed by atoms with E-state index in [-0.39, 0.29) is 6.61 Å². The molecule has 3 unspecified atom stereocenters. The third-order valence-electron chi connectivity index (χ3n) is 10.1. The van der Waals surface area contributed by atoms with Crippen molar-refractivity contribution < 1.29 is 23.7 Å². The van der Waals surface area contributed by atoms with E-state index in [0.29, 0.717) is 43.7 Å². The molecule has 8 rings (SSSR count). The summed E-state index contributed by atoms with van der Waals surface area (Å²) in [6.45, 7) is 1.80. The fraction of sp³-hybridized carbons (Fsp3) is 0.224. The Morgan fingerprint density at radius 1 is 0.552 bits per heavy atom. The van der Waals surface area contributed by atoms with Gasteiger partial charge in [-0.05, 0) is 57.6 Å². The van der Waals surface area contributed by atoms with Crippen molar-refractivity contribution in [3.8, 4) is 10.7 Å². The van der Waals surface area contributed by atoms with Crippen LogP contribution in [-0.2, 0) is 56.5 Å². The van der Waals surface area contributed by atoms with Crippen molar-refractivity contribution in [1.82, 2.24) is 9.97 Å². The van der Waals surface area contributed by atoms with Crippen LogP contribution in [0.15, 0.2) is 170 Å². The molecule has 7 nitrogen and oxygen atoms in total. The highest BCUT2D eigenvalue weighted by molar-refractivity contribution is 7.15. The maximum absolute atomic E-state index is 7.19. The first-order valence-electron chi connectivity index (χ1n) is 19.5. The lowest BCUT2D eigenvalue weighted by atomic mass is 9.89. The van der Waals surface area contributed by atoms with Crippen LogP contribution < -0.4 is 0 Å². The number of thiophene rings is 1. The molecule has 5 aromatic carbocycles. The third-order valence-corrected chi connectivity index (χ3v) is 11.5. The van der Waals surface area contributed by atoms with Gasteiger partial charge in [-0.2, -0.15) is 0 Å². The van der Waals surface area contributed by atoms with Crippen LogP contribution in [0.5, 0.6) is 0 Å². The minimum absolute atomic E-state index is 0.279. The van der Waals surface area contributed by atoms with E-state index in [4.69, 9.17) is 35.3 Å². The lowest BCUT2D eigenvalue weighted by Gasteiger charge is -2.46. The summed E-state index contributed by atoms with van der Waals surface area (Å²) < 4.78 is 34.5. The van der Waals surface area contributed by atoms with E-state index in [1.54, 1.807) is 23.7 Å². The molecule has 1 saturated heterocycles. The molecule has 2 aromatic heterocycles. The van der Waals surface area contributed by atoms with Gasteiger partial charge in [-0.3, -0.25) is 0 Å². The zero-order chi connectivity index (χ0) is 39.4. The van der Waals surface area contributed by atoms with Gasteiger partial charge in [0, 0.05) is 28.7 Å². The molecule has 58 heavy (non-hydrogen) atoms. The van der Waals surface area contributed by atoms with Crippen molar-refractivity contribution in [1.29, 1.82) is 0 Å². The number of benzene rings is 5. The molecule has 1 aliphatic rings. The summed E-state index contributed by atoms with van der Waals surface area (Å²) in [6, 6.07) is 52.9. The van der Waals surface area contributed by atoms with Crippen LogP contribution >= 0.6 is 22.9 Å². The van der Waals surface area contributed by atoms with E-state index < -0.39 is 30.5 Å². The van der Waals surface area contributed by atoms with E-state index >= 15 is 0 Å². The summed E-state index contributed by atoms with van der Waals surface area (Å²) in [4.78, 5) is 11.0. The molecule has 9 heteroatoms. The molecule has 0 bridgehead atoms. The summed E-state index contributed by atoms with van der Waals surface area (Å²) in [5.41, 5.74) is 6.14. The van der Waals surface area contributed by atoms with Gasteiger partial charge in [-0.25, -0.2) is 9.97 Å². The van der Waals surface area contributed by atoms with Gasteiger partial charge in [0.05, 0.1) is 37.9 Å². The van der Waals surface area contributed by atoms with Gasteiger partial charge in [-0.1, -0.05) is 145 Å². The fourth-order valence-corrected chi connectivity index (χ4v) is 8.34. The van der Waals surface area contributed by atoms with Crippen molar-refractivity contribution in [2.75, 3.05) is 6.61 Å². The van der Waals surface area contributed by atoms with Crippen LogP contribution in [-0.4, -0.2) is 41.0 Å². The summed E-state index contributed by atoms with van der Waals surface area (Å²) in [7, 11) is 0. The molecular weight excluding hydrogens is 764 g/mol. The predicted molar refractivity (Wildman–Crippen MR) is 228 cm³/mol. The zero-order valence-corrected chi connectivity index (χ0v) is 33.6. The minimum atomic E-state index is -0.562. The number of ether oxygens (including phenoxy) is 5. The van der Waals surface area contributed by atoms with Crippen molar-refractivity contribution >= 4 is 22.9 Å². The largest absolute Gasteiger partial charge is 0.374 e. The van der Waals surface area contributed by atoms with E-state index in [0.717, 1.165) is 43.1 Å². The van der Waals surface area contributed by atoms with Crippen molar-refractivity contribution in [2.45, 2.75) is 63.4 Å². The topological polar surface area (TPSA) is 71.9 Å². The van der Waals surface area contributed by atoms with Crippen molar-refractivity contribution in [3.05, 3.63) is 213 Å². The second-order valence-corrected chi connectivity index (χ2v) is 15.8. The van der Waals surface area contributed by atoms with Gasteiger partial charge in [0.1, 0.15) is 30.5 Å². The third kappa shape index (κ3) is 10.5. The second-order valence-electron chi connectivity index (χ2n) is 14.2. The highest BCUT2D eigenvalue weighted by atomic mass is 35.5. The van der Waals surface area contributed by atoms with E-state index in [2.05, 4.69) is 76.7 Å². The lowest BCUT2D eigenvalue weighted by molar-refractivity contribution is -0.275. The Balaban J connectivity index is 1.15. The van der Waals surface area contributed by atoms with Gasteiger partial charge in [-0.15, -0.1) is 11.3 Å². The molecule has 0 radical (unpaired) electrons. The first kappa shape index (κ1) is 39.8. The number of nitrogens with zero attached hydrogens (tertiary/aromatic N) is 2. The SMILES string of the molecule is Clc1ccc(C2OC(COCc3ccccc3)[C@@H](OCc3ccccc3)C(OCc3ccccc3)[C@H]2OCc2ccccc2)cc1Cc1ccc(-c2ncccn2)s1. The van der Waals surface area contributed by atoms with Gasteiger partial charge in [0.25, 0.3) is 0 Å². The summed E-state index contributed by atoms with van der Waals surface area (Å²) in [6.07, 6.45) is 1.47. The van der Waals surface area contributed by atoms with Crippen LogP contribution in [0.4, 0.5) is 0 Å². The molecule has 0 aliphatic carbocycles. The van der Waals surface area contributed by atoms with E-state index in [9.17, 15) is 0 Å². The average Bonchev–Trinajstić information content (AvgIpc) is 3.75. The molecule has 0 spiro atoms. The maximum atomic E-state index is 7.19. The van der Waals surface area contributed by atoms with Gasteiger partial charge in [0.2, 0.25) is 0 Å². The van der Waals surface area contributed by atoms with Crippen LogP contribution in [0.2, 0.25) is 5.02 Å². The van der Waals surface area contributed by atoms with Gasteiger partial charge in [0.15, 0.2) is 5.82 Å². The molecule has 1 fully saturated rings. The standard InChI is InChI=1S/C49H45ClN2O5S/c50-42-24-22-39(28-40(42)29-41-23-25-44(58-41)49-51-26-13-27-52-49)45-47(55-32-37-18-9-3-10-19-37)48(56-33-38-20-11-4-12-21-38)46(54-31-36-16-7-2-8-17-36)43(57-45)34-53-30-35-14-5-1-6-15-35/h1-28,43,45-48H,29-34H2/t43?,45?,46-,47+,48?/m1/s1. The average molecular weight is 809 g/mol. The highest BCUT2D eigenvalue weighted by Crippen LogP contribution is 2.40. The van der Waals surface area contributed by atoms with Crippen molar-refractivity contribution in [2.24, 2.45) is 0 Å². The van der Waals surface area contributed by atoms with Crippen LogP contribution in [0, 0.1) is 0 Å². The van der Waals surface area contributed by atoms with Crippen LogP contribution in [0.3, 0.4) is 0 Å². The minimum Gasteiger partial charge on any atom is -0.374 e. The highest BCUT2D eigenvalue weighted by Gasteiger charge is 2.49. The first-order chi connectivity index (χ1) is 28.7. The van der Waals surface area contributed by atoms with Crippen LogP contribution in [0.1, 0.15) is 44.4 Å².